The summed E-state index contributed by atoms with van der Waals surface area (Å²) in [7, 11) is 3.81. The second kappa shape index (κ2) is 8.69. The number of thiocarbonyl (C=S) groups is 1. The molecule has 1 atom stereocenters. The molecule has 0 spiro atoms. The molecule has 1 nitrogen and oxygen atoms in total. The highest BCUT2D eigenvalue weighted by Gasteiger charge is 2.36. The summed E-state index contributed by atoms with van der Waals surface area (Å²) in [5.41, 5.74) is -2.68. The van der Waals surface area contributed by atoms with E-state index in [-0.39, 0.29) is 24.0 Å². The van der Waals surface area contributed by atoms with E-state index in [0.717, 1.165) is 18.7 Å². The van der Waals surface area contributed by atoms with Crippen LogP contribution in [0.15, 0.2) is 18.2 Å². The van der Waals surface area contributed by atoms with Gasteiger partial charge in [-0.3, -0.25) is 0 Å². The number of rotatable bonds is 7. The van der Waals surface area contributed by atoms with Crippen LogP contribution in [0.5, 0.6) is 0 Å². The molecule has 0 aliphatic rings. The van der Waals surface area contributed by atoms with E-state index in [2.05, 4.69) is 0 Å². The van der Waals surface area contributed by atoms with Crippen LogP contribution in [0, 0.1) is 11.8 Å². The highest BCUT2D eigenvalue weighted by molar-refractivity contribution is 7.80. The molecule has 1 aromatic rings. The number of hydrogen-bond acceptors (Lipinski definition) is 2. The van der Waals surface area contributed by atoms with Gasteiger partial charge in [-0.05, 0) is 61.0 Å². The molecule has 0 fully saturated rings. The molecule has 0 bridgehead atoms. The fourth-order valence-electron chi connectivity index (χ4n) is 2.69. The van der Waals surface area contributed by atoms with E-state index in [1.165, 1.54) is 0 Å². The molecule has 0 aliphatic heterocycles. The minimum absolute atomic E-state index is 0.0653. The summed E-state index contributed by atoms with van der Waals surface area (Å²) in [4.78, 5) is 2.44. The second-order valence-corrected chi connectivity index (χ2v) is 7.68. The summed E-state index contributed by atoms with van der Waals surface area (Å²) in [5, 5.41) is 0. The first-order valence-corrected chi connectivity index (χ1v) is 8.55. The standard InChI is InChI=1S/C18H23F6NS/c1-11(2)13(10-25(3)4)8-16(26)7-12-5-14(17(19,20)21)9-15(6-12)18(22,23)24/h5-6,9,11,13H,7-8,10H2,1-4H3/t13-/m0/s1. The lowest BCUT2D eigenvalue weighted by Crippen LogP contribution is -2.27. The number of hydrogen-bond donors (Lipinski definition) is 0. The molecular formula is C18H23F6NS. The van der Waals surface area contributed by atoms with Crippen LogP contribution in [0.3, 0.4) is 0 Å². The van der Waals surface area contributed by atoms with Crippen molar-refractivity contribution in [2.24, 2.45) is 11.8 Å². The largest absolute Gasteiger partial charge is 0.416 e. The maximum Gasteiger partial charge on any atom is 0.416 e. The average Bonchev–Trinajstić information content (AvgIpc) is 2.43. The maximum absolute atomic E-state index is 12.9. The number of nitrogens with zero attached hydrogens (tertiary/aromatic N) is 1. The van der Waals surface area contributed by atoms with Crippen LogP contribution in [-0.4, -0.2) is 30.4 Å². The molecular weight excluding hydrogens is 376 g/mol. The molecule has 0 aliphatic carbocycles. The van der Waals surface area contributed by atoms with Gasteiger partial charge in [0.1, 0.15) is 0 Å². The summed E-state index contributed by atoms with van der Waals surface area (Å²) in [6, 6.07) is 1.63. The van der Waals surface area contributed by atoms with Crippen LogP contribution in [0.4, 0.5) is 26.3 Å². The highest BCUT2D eigenvalue weighted by Crippen LogP contribution is 2.36. The quantitative estimate of drug-likeness (QED) is 0.417. The zero-order valence-electron chi connectivity index (χ0n) is 15.1. The van der Waals surface area contributed by atoms with Gasteiger partial charge < -0.3 is 4.90 Å². The minimum atomic E-state index is -4.84. The van der Waals surface area contributed by atoms with Crippen molar-refractivity contribution < 1.29 is 26.3 Å². The fraction of sp³-hybridized carbons (Fsp3) is 0.611. The SMILES string of the molecule is CC(C)[C@@H](CC(=S)Cc1cc(C(F)(F)F)cc(C(F)(F)F)c1)CN(C)C. The lowest BCUT2D eigenvalue weighted by molar-refractivity contribution is -0.143. The number of benzene rings is 1. The zero-order chi connectivity index (χ0) is 20.3. The lowest BCUT2D eigenvalue weighted by atomic mass is 9.89. The molecule has 8 heteroatoms. The Kier molecular flexibility index (Phi) is 7.65. The van der Waals surface area contributed by atoms with Gasteiger partial charge >= 0.3 is 12.4 Å². The van der Waals surface area contributed by atoms with Crippen molar-refractivity contribution in [2.75, 3.05) is 20.6 Å². The Bertz CT molecular complexity index is 587. The molecule has 0 heterocycles. The van der Waals surface area contributed by atoms with E-state index < -0.39 is 23.5 Å². The Hall–Kier alpha value is -1.15. The fourth-order valence-corrected chi connectivity index (χ4v) is 3.07. The van der Waals surface area contributed by atoms with Crippen molar-refractivity contribution in [3.8, 4) is 0 Å². The zero-order valence-corrected chi connectivity index (χ0v) is 15.9. The van der Waals surface area contributed by atoms with E-state index in [0.29, 0.717) is 17.2 Å². The normalized spacial score (nSPS) is 14.2. The highest BCUT2D eigenvalue weighted by atomic mass is 32.1. The Morgan fingerprint density at radius 2 is 1.42 bits per heavy atom. The summed E-state index contributed by atoms with van der Waals surface area (Å²) >= 11 is 5.28. The van der Waals surface area contributed by atoms with Crippen LogP contribution in [0.2, 0.25) is 0 Å². The van der Waals surface area contributed by atoms with Gasteiger partial charge in [0.25, 0.3) is 0 Å². The van der Waals surface area contributed by atoms with Gasteiger partial charge in [-0.1, -0.05) is 26.1 Å². The smallest absolute Gasteiger partial charge is 0.309 e. The van der Waals surface area contributed by atoms with Crippen LogP contribution >= 0.6 is 12.2 Å². The predicted molar refractivity (Wildman–Crippen MR) is 94.2 cm³/mol. The molecule has 0 aromatic heterocycles. The van der Waals surface area contributed by atoms with Crippen molar-refractivity contribution in [1.82, 2.24) is 4.90 Å². The monoisotopic (exact) mass is 399 g/mol. The molecule has 148 valence electrons. The average molecular weight is 399 g/mol. The van der Waals surface area contributed by atoms with Crippen LogP contribution in [-0.2, 0) is 18.8 Å². The van der Waals surface area contributed by atoms with Gasteiger partial charge in [0.15, 0.2) is 0 Å². The van der Waals surface area contributed by atoms with E-state index in [4.69, 9.17) is 12.2 Å². The van der Waals surface area contributed by atoms with Gasteiger partial charge in [-0.2, -0.15) is 26.3 Å². The van der Waals surface area contributed by atoms with E-state index >= 15 is 0 Å². The van der Waals surface area contributed by atoms with Crippen LogP contribution < -0.4 is 0 Å². The van der Waals surface area contributed by atoms with Gasteiger partial charge in [-0.25, -0.2) is 0 Å². The van der Waals surface area contributed by atoms with Crippen LogP contribution in [0.1, 0.15) is 37.0 Å². The van der Waals surface area contributed by atoms with Crippen molar-refractivity contribution in [2.45, 2.75) is 39.0 Å². The Balaban J connectivity index is 3.06. The maximum atomic E-state index is 12.9. The predicted octanol–water partition coefficient (Wildman–Crippen LogP) is 5.86. The molecule has 0 saturated heterocycles. The topological polar surface area (TPSA) is 3.24 Å². The summed E-state index contributed by atoms with van der Waals surface area (Å²) < 4.78 is 77.6. The third-order valence-electron chi connectivity index (χ3n) is 4.08. The Morgan fingerprint density at radius 3 is 1.77 bits per heavy atom. The molecule has 0 radical (unpaired) electrons. The van der Waals surface area contributed by atoms with Crippen molar-refractivity contribution >= 4 is 17.1 Å². The molecule has 0 amide bonds. The lowest BCUT2D eigenvalue weighted by Gasteiger charge is -2.25. The summed E-state index contributed by atoms with van der Waals surface area (Å²) in [5.74, 6) is 0.480. The molecule has 0 unspecified atom stereocenters. The first kappa shape index (κ1) is 22.9. The molecule has 26 heavy (non-hydrogen) atoms. The van der Waals surface area contributed by atoms with Gasteiger partial charge in [0.2, 0.25) is 0 Å². The van der Waals surface area contributed by atoms with Crippen molar-refractivity contribution in [1.29, 1.82) is 0 Å². The van der Waals surface area contributed by atoms with E-state index in [1.807, 2.05) is 32.8 Å². The first-order valence-electron chi connectivity index (χ1n) is 8.15. The van der Waals surface area contributed by atoms with Crippen LogP contribution in [0.25, 0.3) is 0 Å². The molecule has 1 aromatic carbocycles. The van der Waals surface area contributed by atoms with Gasteiger partial charge in [-0.15, -0.1) is 0 Å². The summed E-state index contributed by atoms with van der Waals surface area (Å²) in [6.07, 6.45) is -9.30. The molecule has 0 saturated carbocycles. The van der Waals surface area contributed by atoms with Crippen molar-refractivity contribution in [3.63, 3.8) is 0 Å². The number of halogens is 6. The van der Waals surface area contributed by atoms with Gasteiger partial charge in [0.05, 0.1) is 11.1 Å². The van der Waals surface area contributed by atoms with E-state index in [1.54, 1.807) is 0 Å². The first-order chi connectivity index (χ1) is 11.7. The third-order valence-corrected chi connectivity index (χ3v) is 4.39. The second-order valence-electron chi connectivity index (χ2n) is 7.10. The molecule has 0 N–H and O–H groups in total. The third kappa shape index (κ3) is 7.23. The summed E-state index contributed by atoms with van der Waals surface area (Å²) in [6.45, 7) is 4.78. The molecule has 1 rings (SSSR count). The minimum Gasteiger partial charge on any atom is -0.309 e. The van der Waals surface area contributed by atoms with Crippen molar-refractivity contribution in [3.05, 3.63) is 34.9 Å². The Labute approximate surface area is 155 Å². The Morgan fingerprint density at radius 1 is 0.962 bits per heavy atom. The number of alkyl halides is 6. The van der Waals surface area contributed by atoms with E-state index in [9.17, 15) is 26.3 Å². The van der Waals surface area contributed by atoms with Gasteiger partial charge in [0, 0.05) is 13.0 Å².